The smallest absolute Gasteiger partial charge is 0.261 e. The first-order valence-corrected chi connectivity index (χ1v) is 9.06. The molecule has 1 atom stereocenters. The number of rotatable bonds is 4. The second-order valence-electron chi connectivity index (χ2n) is 5.94. The van der Waals surface area contributed by atoms with Crippen molar-refractivity contribution in [2.45, 2.75) is 18.9 Å². The third-order valence-corrected chi connectivity index (χ3v) is 5.51. The molecule has 0 aliphatic heterocycles. The molecular formula is C19H18N4OS. The lowest BCUT2D eigenvalue weighted by atomic mass is 10.1. The summed E-state index contributed by atoms with van der Waals surface area (Å²) in [6, 6.07) is 14.1. The van der Waals surface area contributed by atoms with E-state index in [-0.39, 0.29) is 11.9 Å². The maximum absolute atomic E-state index is 12.6. The van der Waals surface area contributed by atoms with Crippen LogP contribution in [0.5, 0.6) is 0 Å². The molecule has 3 aromatic rings. The molecule has 0 saturated heterocycles. The highest BCUT2D eigenvalue weighted by Gasteiger charge is 2.24. The molecule has 0 bridgehead atoms. The second-order valence-corrected chi connectivity index (χ2v) is 7.03. The van der Waals surface area contributed by atoms with Gasteiger partial charge in [-0.1, -0.05) is 24.3 Å². The lowest BCUT2D eigenvalue weighted by Crippen LogP contribution is -2.26. The van der Waals surface area contributed by atoms with E-state index >= 15 is 0 Å². The van der Waals surface area contributed by atoms with Crippen molar-refractivity contribution >= 4 is 23.2 Å². The monoisotopic (exact) mass is 350 g/mol. The summed E-state index contributed by atoms with van der Waals surface area (Å²) in [5.41, 5.74) is 3.39. The van der Waals surface area contributed by atoms with Gasteiger partial charge in [-0.3, -0.25) is 4.79 Å². The van der Waals surface area contributed by atoms with Gasteiger partial charge in [0.15, 0.2) is 0 Å². The predicted octanol–water partition coefficient (Wildman–Crippen LogP) is 3.66. The summed E-state index contributed by atoms with van der Waals surface area (Å²) >= 11 is 1.45. The third kappa shape index (κ3) is 3.13. The molecule has 1 aliphatic rings. The molecule has 4 rings (SSSR count). The van der Waals surface area contributed by atoms with Gasteiger partial charge in [-0.2, -0.15) is 0 Å². The molecule has 0 saturated carbocycles. The number of fused-ring (bicyclic) bond motifs is 1. The average Bonchev–Trinajstić information content (AvgIpc) is 3.30. The SMILES string of the molecule is CNc1nccc(-c2ccc(C(=O)NC3CCc4ccccc43)s2)n1. The molecule has 1 amide bonds. The molecule has 1 unspecified atom stereocenters. The van der Waals surface area contributed by atoms with E-state index in [9.17, 15) is 4.79 Å². The van der Waals surface area contributed by atoms with E-state index in [0.717, 1.165) is 23.4 Å². The molecule has 2 aromatic heterocycles. The van der Waals surface area contributed by atoms with Crippen LogP contribution in [0.15, 0.2) is 48.7 Å². The van der Waals surface area contributed by atoms with Crippen LogP contribution in [-0.2, 0) is 6.42 Å². The first-order valence-electron chi connectivity index (χ1n) is 8.24. The molecule has 5 nitrogen and oxygen atoms in total. The number of carbonyl (C=O) groups is 1. The van der Waals surface area contributed by atoms with Crippen LogP contribution < -0.4 is 10.6 Å². The number of benzene rings is 1. The van der Waals surface area contributed by atoms with Crippen molar-refractivity contribution < 1.29 is 4.79 Å². The topological polar surface area (TPSA) is 66.9 Å². The number of nitrogens with one attached hydrogen (secondary N) is 2. The Morgan fingerprint density at radius 3 is 2.96 bits per heavy atom. The Balaban J connectivity index is 1.51. The maximum atomic E-state index is 12.6. The van der Waals surface area contributed by atoms with Crippen molar-refractivity contribution in [2.75, 3.05) is 12.4 Å². The quantitative estimate of drug-likeness (QED) is 0.753. The van der Waals surface area contributed by atoms with Crippen LogP contribution in [0.4, 0.5) is 5.95 Å². The number of anilines is 1. The van der Waals surface area contributed by atoms with E-state index in [1.807, 2.05) is 24.3 Å². The maximum Gasteiger partial charge on any atom is 0.261 e. The number of carbonyl (C=O) groups excluding carboxylic acids is 1. The highest BCUT2D eigenvalue weighted by molar-refractivity contribution is 7.17. The fraction of sp³-hybridized carbons (Fsp3) is 0.211. The van der Waals surface area contributed by atoms with Gasteiger partial charge >= 0.3 is 0 Å². The molecule has 6 heteroatoms. The normalized spacial score (nSPS) is 15.6. The molecule has 2 heterocycles. The highest BCUT2D eigenvalue weighted by atomic mass is 32.1. The number of nitrogens with zero attached hydrogens (tertiary/aromatic N) is 2. The van der Waals surface area contributed by atoms with Crippen molar-refractivity contribution in [3.05, 3.63) is 64.7 Å². The predicted molar refractivity (Wildman–Crippen MR) is 99.9 cm³/mol. The molecular weight excluding hydrogens is 332 g/mol. The van der Waals surface area contributed by atoms with E-state index in [2.05, 4.69) is 38.8 Å². The van der Waals surface area contributed by atoms with E-state index < -0.39 is 0 Å². The minimum atomic E-state index is -0.0270. The fourth-order valence-corrected chi connectivity index (χ4v) is 4.03. The number of amides is 1. The van der Waals surface area contributed by atoms with Crippen LogP contribution in [0, 0.1) is 0 Å². The van der Waals surface area contributed by atoms with Gasteiger partial charge in [0.2, 0.25) is 5.95 Å². The van der Waals surface area contributed by atoms with Crippen molar-refractivity contribution in [1.82, 2.24) is 15.3 Å². The van der Waals surface area contributed by atoms with Crippen LogP contribution in [0.25, 0.3) is 10.6 Å². The van der Waals surface area contributed by atoms with Crippen LogP contribution >= 0.6 is 11.3 Å². The molecule has 0 radical (unpaired) electrons. The van der Waals surface area contributed by atoms with Gasteiger partial charge in [-0.25, -0.2) is 9.97 Å². The number of aryl methyl sites for hydroxylation is 1. The Morgan fingerprint density at radius 2 is 2.08 bits per heavy atom. The fourth-order valence-electron chi connectivity index (χ4n) is 3.15. The Bertz CT molecular complexity index is 921. The number of hydrogen-bond donors (Lipinski definition) is 2. The third-order valence-electron chi connectivity index (χ3n) is 4.40. The minimum absolute atomic E-state index is 0.0270. The average molecular weight is 350 g/mol. The Labute approximate surface area is 150 Å². The van der Waals surface area contributed by atoms with Crippen molar-refractivity contribution in [2.24, 2.45) is 0 Å². The zero-order valence-electron chi connectivity index (χ0n) is 13.8. The van der Waals surface area contributed by atoms with Gasteiger partial charge in [0.25, 0.3) is 5.91 Å². The summed E-state index contributed by atoms with van der Waals surface area (Å²) in [5.74, 6) is 0.542. The van der Waals surface area contributed by atoms with E-state index in [4.69, 9.17) is 0 Å². The molecule has 1 aliphatic carbocycles. The summed E-state index contributed by atoms with van der Waals surface area (Å²) in [4.78, 5) is 22.8. The molecule has 2 N–H and O–H groups in total. The zero-order chi connectivity index (χ0) is 17.2. The van der Waals surface area contributed by atoms with Gasteiger partial charge in [-0.05, 0) is 42.2 Å². The number of hydrogen-bond acceptors (Lipinski definition) is 5. The van der Waals surface area contributed by atoms with Crippen LogP contribution in [0.3, 0.4) is 0 Å². The lowest BCUT2D eigenvalue weighted by Gasteiger charge is -2.13. The van der Waals surface area contributed by atoms with Gasteiger partial charge in [0.05, 0.1) is 21.5 Å². The molecule has 0 spiro atoms. The summed E-state index contributed by atoms with van der Waals surface area (Å²) in [7, 11) is 1.78. The van der Waals surface area contributed by atoms with E-state index in [1.165, 1.54) is 22.5 Å². The number of aromatic nitrogens is 2. The van der Waals surface area contributed by atoms with Gasteiger partial charge in [-0.15, -0.1) is 11.3 Å². The van der Waals surface area contributed by atoms with Gasteiger partial charge in [0.1, 0.15) is 0 Å². The molecule has 1 aromatic carbocycles. The van der Waals surface area contributed by atoms with Crippen molar-refractivity contribution in [1.29, 1.82) is 0 Å². The molecule has 0 fully saturated rings. The van der Waals surface area contributed by atoms with Crippen LogP contribution in [0.2, 0.25) is 0 Å². The Morgan fingerprint density at radius 1 is 1.20 bits per heavy atom. The Kier molecular flexibility index (Phi) is 4.19. The van der Waals surface area contributed by atoms with Crippen LogP contribution in [-0.4, -0.2) is 22.9 Å². The van der Waals surface area contributed by atoms with Gasteiger partial charge < -0.3 is 10.6 Å². The van der Waals surface area contributed by atoms with Crippen molar-refractivity contribution in [3.8, 4) is 10.6 Å². The molecule has 126 valence electrons. The first-order chi connectivity index (χ1) is 12.2. The summed E-state index contributed by atoms with van der Waals surface area (Å²) in [6.45, 7) is 0. The van der Waals surface area contributed by atoms with E-state index in [0.29, 0.717) is 10.8 Å². The first kappa shape index (κ1) is 15.8. The summed E-state index contributed by atoms with van der Waals surface area (Å²) in [6.07, 6.45) is 3.69. The minimum Gasteiger partial charge on any atom is -0.357 e. The number of thiophene rings is 1. The van der Waals surface area contributed by atoms with E-state index in [1.54, 1.807) is 13.2 Å². The summed E-state index contributed by atoms with van der Waals surface area (Å²) in [5, 5.41) is 6.09. The van der Waals surface area contributed by atoms with Crippen LogP contribution in [0.1, 0.15) is 33.3 Å². The summed E-state index contributed by atoms with van der Waals surface area (Å²) < 4.78 is 0. The Hall–Kier alpha value is -2.73. The largest absolute Gasteiger partial charge is 0.357 e. The highest BCUT2D eigenvalue weighted by Crippen LogP contribution is 2.32. The van der Waals surface area contributed by atoms with Gasteiger partial charge in [0, 0.05) is 13.2 Å². The second kappa shape index (κ2) is 6.64. The van der Waals surface area contributed by atoms with Crippen molar-refractivity contribution in [3.63, 3.8) is 0 Å². The standard InChI is InChI=1S/C19H18N4OS/c1-20-19-21-11-10-15(23-19)16-8-9-17(25-16)18(24)22-14-7-6-12-4-2-3-5-13(12)14/h2-5,8-11,14H,6-7H2,1H3,(H,22,24)(H,20,21,23). The zero-order valence-corrected chi connectivity index (χ0v) is 14.6. The molecule has 25 heavy (non-hydrogen) atoms. The lowest BCUT2D eigenvalue weighted by molar-refractivity contribution is 0.0941.